The summed E-state index contributed by atoms with van der Waals surface area (Å²) in [4.78, 5) is 29.3. The zero-order valence-corrected chi connectivity index (χ0v) is 17.8. The lowest BCUT2D eigenvalue weighted by Crippen LogP contribution is -2.47. The van der Waals surface area contributed by atoms with Gasteiger partial charge in [0.05, 0.1) is 11.7 Å². The van der Waals surface area contributed by atoms with E-state index in [1.165, 1.54) is 0 Å². The number of nitrogens with one attached hydrogen (secondary N) is 1. The molecule has 29 heavy (non-hydrogen) atoms. The molecule has 1 aliphatic rings. The van der Waals surface area contributed by atoms with E-state index in [4.69, 9.17) is 0 Å². The number of anilines is 1. The SMILES string of the molecule is CN1CCC[C@@H](N(C)C(=O)c2ccc(NC(=O)c3cn(C(C)(C)C)nn3)cc2)C1. The number of amides is 2. The lowest BCUT2D eigenvalue weighted by Gasteiger charge is -2.35. The van der Waals surface area contributed by atoms with Crippen molar-refractivity contribution in [3.05, 3.63) is 41.7 Å². The molecule has 0 spiro atoms. The van der Waals surface area contributed by atoms with Gasteiger partial charge in [-0.15, -0.1) is 5.10 Å². The van der Waals surface area contributed by atoms with E-state index in [-0.39, 0.29) is 29.1 Å². The molecule has 1 aromatic carbocycles. The molecule has 1 aromatic heterocycles. The van der Waals surface area contributed by atoms with E-state index in [9.17, 15) is 9.59 Å². The average Bonchev–Trinajstić information content (AvgIpc) is 3.18. The quantitative estimate of drug-likeness (QED) is 0.855. The van der Waals surface area contributed by atoms with Crippen molar-refractivity contribution in [3.8, 4) is 0 Å². The minimum absolute atomic E-state index is 0.00343. The van der Waals surface area contributed by atoms with E-state index in [0.29, 0.717) is 11.3 Å². The Hall–Kier alpha value is -2.74. The first-order chi connectivity index (χ1) is 13.6. The molecule has 3 rings (SSSR count). The van der Waals surface area contributed by atoms with E-state index in [2.05, 4.69) is 27.6 Å². The number of carbonyl (C=O) groups excluding carboxylic acids is 2. The largest absolute Gasteiger partial charge is 0.337 e. The number of benzene rings is 1. The monoisotopic (exact) mass is 398 g/mol. The predicted molar refractivity (Wildman–Crippen MR) is 112 cm³/mol. The molecular weight excluding hydrogens is 368 g/mol. The van der Waals surface area contributed by atoms with Crippen LogP contribution in [-0.2, 0) is 5.54 Å². The lowest BCUT2D eigenvalue weighted by atomic mass is 10.0. The first-order valence-corrected chi connectivity index (χ1v) is 9.95. The highest BCUT2D eigenvalue weighted by molar-refractivity contribution is 6.03. The molecule has 1 saturated heterocycles. The third-order valence-electron chi connectivity index (χ3n) is 5.27. The number of nitrogens with zero attached hydrogens (tertiary/aromatic N) is 5. The Labute approximate surface area is 171 Å². The van der Waals surface area contributed by atoms with Crippen molar-refractivity contribution >= 4 is 17.5 Å². The highest BCUT2D eigenvalue weighted by atomic mass is 16.2. The number of piperidine rings is 1. The van der Waals surface area contributed by atoms with Gasteiger partial charge >= 0.3 is 0 Å². The molecule has 156 valence electrons. The zero-order chi connectivity index (χ0) is 21.2. The minimum atomic E-state index is -0.332. The van der Waals surface area contributed by atoms with Crippen molar-refractivity contribution < 1.29 is 9.59 Å². The van der Waals surface area contributed by atoms with Crippen LogP contribution in [0.3, 0.4) is 0 Å². The number of carbonyl (C=O) groups is 2. The smallest absolute Gasteiger partial charge is 0.277 e. The van der Waals surface area contributed by atoms with Gasteiger partial charge in [-0.2, -0.15) is 0 Å². The first-order valence-electron chi connectivity index (χ1n) is 9.95. The van der Waals surface area contributed by atoms with Crippen LogP contribution in [-0.4, -0.2) is 69.8 Å². The van der Waals surface area contributed by atoms with E-state index < -0.39 is 0 Å². The van der Waals surface area contributed by atoms with E-state index >= 15 is 0 Å². The zero-order valence-electron chi connectivity index (χ0n) is 17.8. The van der Waals surface area contributed by atoms with Crippen LogP contribution in [0.25, 0.3) is 0 Å². The van der Waals surface area contributed by atoms with Crippen LogP contribution in [0, 0.1) is 0 Å². The van der Waals surface area contributed by atoms with Gasteiger partial charge in [-0.25, -0.2) is 4.68 Å². The summed E-state index contributed by atoms with van der Waals surface area (Å²) >= 11 is 0. The number of likely N-dealkylation sites (tertiary alicyclic amines) is 1. The molecule has 1 N–H and O–H groups in total. The fraction of sp³-hybridized carbons (Fsp3) is 0.524. The second kappa shape index (κ2) is 8.32. The molecule has 8 nitrogen and oxygen atoms in total. The Morgan fingerprint density at radius 1 is 1.21 bits per heavy atom. The van der Waals surface area contributed by atoms with Gasteiger partial charge in [0.25, 0.3) is 11.8 Å². The normalized spacial score (nSPS) is 17.8. The molecule has 1 aliphatic heterocycles. The highest BCUT2D eigenvalue weighted by Crippen LogP contribution is 2.18. The summed E-state index contributed by atoms with van der Waals surface area (Å²) in [5.41, 5.74) is 1.22. The van der Waals surface area contributed by atoms with Gasteiger partial charge < -0.3 is 15.1 Å². The molecule has 8 heteroatoms. The molecule has 0 aliphatic carbocycles. The van der Waals surface area contributed by atoms with Crippen LogP contribution in [0.1, 0.15) is 54.5 Å². The number of aromatic nitrogens is 3. The van der Waals surface area contributed by atoms with Gasteiger partial charge in [0.2, 0.25) is 0 Å². The Morgan fingerprint density at radius 3 is 2.48 bits per heavy atom. The summed E-state index contributed by atoms with van der Waals surface area (Å²) in [5, 5.41) is 10.8. The Morgan fingerprint density at radius 2 is 1.90 bits per heavy atom. The summed E-state index contributed by atoms with van der Waals surface area (Å²) < 4.78 is 1.65. The third-order valence-corrected chi connectivity index (χ3v) is 5.27. The predicted octanol–water partition coefficient (Wildman–Crippen LogP) is 2.45. The van der Waals surface area contributed by atoms with Crippen molar-refractivity contribution in [2.75, 3.05) is 32.5 Å². The van der Waals surface area contributed by atoms with E-state index in [1.54, 1.807) is 35.1 Å². The molecule has 0 unspecified atom stereocenters. The maximum atomic E-state index is 12.8. The van der Waals surface area contributed by atoms with Gasteiger partial charge in [-0.3, -0.25) is 9.59 Å². The molecule has 0 saturated carbocycles. The lowest BCUT2D eigenvalue weighted by molar-refractivity contribution is 0.0644. The molecule has 1 atom stereocenters. The van der Waals surface area contributed by atoms with Crippen LogP contribution in [0.4, 0.5) is 5.69 Å². The van der Waals surface area contributed by atoms with Crippen molar-refractivity contribution in [1.29, 1.82) is 0 Å². The van der Waals surface area contributed by atoms with Gasteiger partial charge in [0, 0.05) is 30.9 Å². The number of hydrogen-bond acceptors (Lipinski definition) is 5. The fourth-order valence-corrected chi connectivity index (χ4v) is 3.41. The van der Waals surface area contributed by atoms with Crippen LogP contribution in [0.2, 0.25) is 0 Å². The standard InChI is InChI=1S/C21H30N6O2/c1-21(2,3)27-14-18(23-24-27)19(28)22-16-10-8-15(9-11-16)20(29)26(5)17-7-6-12-25(4)13-17/h8-11,14,17H,6-7,12-13H2,1-5H3,(H,22,28)/t17-/m1/s1. The number of likely N-dealkylation sites (N-methyl/N-ethyl adjacent to an activating group) is 2. The second-order valence-electron chi connectivity index (χ2n) is 8.72. The maximum absolute atomic E-state index is 12.8. The average molecular weight is 399 g/mol. The molecule has 2 aromatic rings. The van der Waals surface area contributed by atoms with Gasteiger partial charge in [-0.05, 0) is 71.5 Å². The van der Waals surface area contributed by atoms with Crippen molar-refractivity contribution in [2.45, 2.75) is 45.2 Å². The minimum Gasteiger partial charge on any atom is -0.337 e. The second-order valence-corrected chi connectivity index (χ2v) is 8.72. The molecule has 0 radical (unpaired) electrons. The van der Waals surface area contributed by atoms with Crippen LogP contribution >= 0.6 is 0 Å². The van der Waals surface area contributed by atoms with Gasteiger partial charge in [-0.1, -0.05) is 5.21 Å². The Balaban J connectivity index is 1.63. The summed E-state index contributed by atoms with van der Waals surface area (Å²) in [5.74, 6) is -0.335. The van der Waals surface area contributed by atoms with Crippen LogP contribution in [0.5, 0.6) is 0 Å². The topological polar surface area (TPSA) is 83.4 Å². The molecular formula is C21H30N6O2. The molecule has 1 fully saturated rings. The van der Waals surface area contributed by atoms with E-state index in [0.717, 1.165) is 25.9 Å². The van der Waals surface area contributed by atoms with E-state index in [1.807, 2.05) is 32.7 Å². The highest BCUT2D eigenvalue weighted by Gasteiger charge is 2.25. The van der Waals surface area contributed by atoms with Gasteiger partial charge in [0.1, 0.15) is 0 Å². The molecule has 2 heterocycles. The molecule has 0 bridgehead atoms. The van der Waals surface area contributed by atoms with Gasteiger partial charge in [0.15, 0.2) is 5.69 Å². The summed E-state index contributed by atoms with van der Waals surface area (Å²) in [6, 6.07) is 7.19. The fourth-order valence-electron chi connectivity index (χ4n) is 3.41. The number of hydrogen-bond donors (Lipinski definition) is 1. The van der Waals surface area contributed by atoms with Crippen LogP contribution < -0.4 is 5.32 Å². The number of rotatable bonds is 4. The summed E-state index contributed by atoms with van der Waals surface area (Å²) in [7, 11) is 3.95. The van der Waals surface area contributed by atoms with Crippen molar-refractivity contribution in [2.24, 2.45) is 0 Å². The summed E-state index contributed by atoms with van der Waals surface area (Å²) in [6.45, 7) is 7.94. The first kappa shape index (κ1) is 21.0. The summed E-state index contributed by atoms with van der Waals surface area (Å²) in [6.07, 6.45) is 3.75. The third kappa shape index (κ3) is 5.00. The Kier molecular flexibility index (Phi) is 6.02. The van der Waals surface area contributed by atoms with Crippen molar-refractivity contribution in [3.63, 3.8) is 0 Å². The van der Waals surface area contributed by atoms with Crippen LogP contribution in [0.15, 0.2) is 30.5 Å². The maximum Gasteiger partial charge on any atom is 0.277 e. The van der Waals surface area contributed by atoms with Crippen molar-refractivity contribution in [1.82, 2.24) is 24.8 Å². The Bertz CT molecular complexity index is 868. The molecule has 2 amide bonds.